The standard InChI is InChI=1S/C25H29N3O.C2HF3O2/c1-19-17-22(26-25(29)13-10-21-8-4-3-5-9-21)11-12-24(19)27-16-14-23(18-27)28-15-6-7-20(28)2;3-2(4,5)1(6)7/h3-5,8-9,11-12,17,20,23H,6-7,14-16,18H2,1-2H3,(H,26,29);(H,6,7). The Kier molecular flexibility index (Phi) is 8.99. The summed E-state index contributed by atoms with van der Waals surface area (Å²) in [5.41, 5.74) is 4.09. The van der Waals surface area contributed by atoms with E-state index in [1.54, 1.807) is 0 Å². The largest absolute Gasteiger partial charge is 0.490 e. The van der Waals surface area contributed by atoms with Crippen LogP contribution in [0.25, 0.3) is 0 Å². The molecule has 0 aromatic heterocycles. The minimum Gasteiger partial charge on any atom is -0.475 e. The maximum Gasteiger partial charge on any atom is 0.490 e. The Balaban J connectivity index is 0.000000454. The SMILES string of the molecule is Cc1cc(NC(=O)C#Cc2ccccc2)ccc1N1CCC(N2CCCC2C)C1.O=C(O)C(F)(F)F. The van der Waals surface area contributed by atoms with Crippen molar-refractivity contribution in [2.75, 3.05) is 29.9 Å². The Labute approximate surface area is 209 Å². The average molecular weight is 502 g/mol. The molecule has 6 nitrogen and oxygen atoms in total. The first-order chi connectivity index (χ1) is 17.0. The number of hydrogen-bond acceptors (Lipinski definition) is 4. The molecule has 2 aromatic rings. The van der Waals surface area contributed by atoms with Crippen molar-refractivity contribution in [3.05, 3.63) is 59.7 Å². The van der Waals surface area contributed by atoms with Crippen LogP contribution in [0.15, 0.2) is 48.5 Å². The smallest absolute Gasteiger partial charge is 0.475 e. The fourth-order valence-corrected chi connectivity index (χ4v) is 4.63. The van der Waals surface area contributed by atoms with Gasteiger partial charge in [0.05, 0.1) is 0 Å². The lowest BCUT2D eigenvalue weighted by Crippen LogP contribution is -2.39. The van der Waals surface area contributed by atoms with E-state index in [1.807, 2.05) is 42.5 Å². The zero-order valence-corrected chi connectivity index (χ0v) is 20.3. The number of aliphatic carboxylic acids is 1. The molecule has 1 amide bonds. The van der Waals surface area contributed by atoms with Gasteiger partial charge in [-0.3, -0.25) is 9.69 Å². The van der Waals surface area contributed by atoms with E-state index in [0.717, 1.165) is 30.4 Å². The van der Waals surface area contributed by atoms with Gasteiger partial charge in [-0.15, -0.1) is 0 Å². The third-order valence-electron chi connectivity index (χ3n) is 6.37. The van der Waals surface area contributed by atoms with Crippen molar-refractivity contribution in [3.8, 4) is 11.8 Å². The number of aryl methyl sites for hydroxylation is 1. The fraction of sp³-hybridized carbons (Fsp3) is 0.407. The molecule has 2 fully saturated rings. The monoisotopic (exact) mass is 501 g/mol. The Hall–Kier alpha value is -3.51. The van der Waals surface area contributed by atoms with Crippen LogP contribution < -0.4 is 10.2 Å². The van der Waals surface area contributed by atoms with Crippen LogP contribution in [0.2, 0.25) is 0 Å². The third kappa shape index (κ3) is 7.49. The summed E-state index contributed by atoms with van der Waals surface area (Å²) in [6, 6.07) is 17.1. The van der Waals surface area contributed by atoms with E-state index in [1.165, 1.54) is 37.1 Å². The van der Waals surface area contributed by atoms with E-state index in [2.05, 4.69) is 46.9 Å². The van der Waals surface area contributed by atoms with Gasteiger partial charge in [0.25, 0.3) is 0 Å². The number of carbonyl (C=O) groups excluding carboxylic acids is 1. The van der Waals surface area contributed by atoms with Crippen LogP contribution in [0.4, 0.5) is 24.5 Å². The van der Waals surface area contributed by atoms with Crippen LogP contribution in [-0.4, -0.2) is 59.8 Å². The van der Waals surface area contributed by atoms with Crippen LogP contribution in [-0.2, 0) is 9.59 Å². The molecule has 2 heterocycles. The number of benzene rings is 2. The number of nitrogens with zero attached hydrogens (tertiary/aromatic N) is 2. The van der Waals surface area contributed by atoms with Crippen molar-refractivity contribution in [1.29, 1.82) is 0 Å². The molecule has 192 valence electrons. The minimum absolute atomic E-state index is 0.287. The molecule has 0 bridgehead atoms. The molecule has 9 heteroatoms. The van der Waals surface area contributed by atoms with Crippen LogP contribution in [0.5, 0.6) is 0 Å². The highest BCUT2D eigenvalue weighted by molar-refractivity contribution is 6.04. The zero-order valence-electron chi connectivity index (χ0n) is 20.3. The molecule has 2 aromatic carbocycles. The molecule has 0 saturated carbocycles. The first kappa shape index (κ1) is 27.1. The van der Waals surface area contributed by atoms with Crippen molar-refractivity contribution < 1.29 is 27.9 Å². The van der Waals surface area contributed by atoms with Gasteiger partial charge in [0.1, 0.15) is 0 Å². The van der Waals surface area contributed by atoms with E-state index < -0.39 is 12.1 Å². The van der Waals surface area contributed by atoms with Crippen LogP contribution in [0, 0.1) is 18.8 Å². The number of hydrogen-bond donors (Lipinski definition) is 2. The first-order valence-electron chi connectivity index (χ1n) is 11.8. The maximum absolute atomic E-state index is 12.2. The van der Waals surface area contributed by atoms with Gasteiger partial charge >= 0.3 is 18.1 Å². The summed E-state index contributed by atoms with van der Waals surface area (Å²) in [4.78, 5) is 26.2. The van der Waals surface area contributed by atoms with Crippen LogP contribution in [0.3, 0.4) is 0 Å². The van der Waals surface area contributed by atoms with Gasteiger partial charge in [-0.05, 0) is 75.5 Å². The second-order valence-corrected chi connectivity index (χ2v) is 8.99. The molecule has 2 N–H and O–H groups in total. The number of halogens is 3. The van der Waals surface area contributed by atoms with Gasteiger partial charge in [-0.1, -0.05) is 24.1 Å². The number of likely N-dealkylation sites (tertiary alicyclic amines) is 1. The normalized spacial score (nSPS) is 19.6. The Morgan fingerprint density at radius 3 is 2.36 bits per heavy atom. The number of carboxylic acids is 1. The molecule has 2 aliphatic rings. The van der Waals surface area contributed by atoms with E-state index in [4.69, 9.17) is 9.90 Å². The number of carboxylic acid groups (broad SMARTS) is 1. The van der Waals surface area contributed by atoms with Gasteiger partial charge in [0.2, 0.25) is 0 Å². The molecular formula is C27H30F3N3O3. The topological polar surface area (TPSA) is 72.9 Å². The molecule has 36 heavy (non-hydrogen) atoms. The lowest BCUT2D eigenvalue weighted by Gasteiger charge is -2.29. The molecule has 2 atom stereocenters. The third-order valence-corrected chi connectivity index (χ3v) is 6.37. The number of anilines is 2. The first-order valence-corrected chi connectivity index (χ1v) is 11.8. The van der Waals surface area contributed by atoms with Gasteiger partial charge in [0, 0.05) is 48.0 Å². The van der Waals surface area contributed by atoms with Crippen LogP contribution in [0.1, 0.15) is 37.3 Å². The minimum atomic E-state index is -5.08. The lowest BCUT2D eigenvalue weighted by molar-refractivity contribution is -0.192. The quantitative estimate of drug-likeness (QED) is 0.598. The predicted octanol–water partition coefficient (Wildman–Crippen LogP) is 4.68. The summed E-state index contributed by atoms with van der Waals surface area (Å²) >= 11 is 0. The summed E-state index contributed by atoms with van der Waals surface area (Å²) < 4.78 is 31.7. The summed E-state index contributed by atoms with van der Waals surface area (Å²) in [6.07, 6.45) is -1.19. The predicted molar refractivity (Wildman–Crippen MR) is 133 cm³/mol. The fourth-order valence-electron chi connectivity index (χ4n) is 4.63. The number of rotatable bonds is 3. The van der Waals surface area contributed by atoms with Crippen molar-refractivity contribution in [2.45, 2.75) is 51.4 Å². The summed E-state index contributed by atoms with van der Waals surface area (Å²) in [5.74, 6) is 2.51. The van der Waals surface area contributed by atoms with Crippen molar-refractivity contribution in [1.82, 2.24) is 4.90 Å². The van der Waals surface area contributed by atoms with E-state index in [-0.39, 0.29) is 5.91 Å². The van der Waals surface area contributed by atoms with E-state index in [9.17, 15) is 18.0 Å². The highest BCUT2D eigenvalue weighted by Crippen LogP contribution is 2.31. The van der Waals surface area contributed by atoms with Crippen molar-refractivity contribution in [3.63, 3.8) is 0 Å². The van der Waals surface area contributed by atoms with Gasteiger partial charge < -0.3 is 15.3 Å². The maximum atomic E-state index is 12.2. The zero-order chi connectivity index (χ0) is 26.3. The van der Waals surface area contributed by atoms with Crippen molar-refractivity contribution >= 4 is 23.3 Å². The lowest BCUT2D eigenvalue weighted by atomic mass is 10.1. The van der Waals surface area contributed by atoms with Gasteiger partial charge in [-0.2, -0.15) is 13.2 Å². The average Bonchev–Trinajstić information content (AvgIpc) is 3.47. The number of nitrogens with one attached hydrogen (secondary N) is 1. The Morgan fingerprint density at radius 1 is 1.08 bits per heavy atom. The molecule has 0 aliphatic carbocycles. The molecule has 2 saturated heterocycles. The highest BCUT2D eigenvalue weighted by Gasteiger charge is 2.38. The van der Waals surface area contributed by atoms with E-state index in [0.29, 0.717) is 6.04 Å². The summed E-state index contributed by atoms with van der Waals surface area (Å²) in [5, 5.41) is 10.0. The second-order valence-electron chi connectivity index (χ2n) is 8.99. The highest BCUT2D eigenvalue weighted by atomic mass is 19.4. The Morgan fingerprint density at radius 2 is 1.78 bits per heavy atom. The van der Waals surface area contributed by atoms with Crippen LogP contribution >= 0.6 is 0 Å². The van der Waals surface area contributed by atoms with Gasteiger partial charge in [-0.25, -0.2) is 4.79 Å². The summed E-state index contributed by atoms with van der Waals surface area (Å²) in [6.45, 7) is 7.92. The molecule has 4 rings (SSSR count). The van der Waals surface area contributed by atoms with E-state index >= 15 is 0 Å². The molecule has 2 unspecified atom stereocenters. The summed E-state index contributed by atoms with van der Waals surface area (Å²) in [7, 11) is 0. The molecule has 0 spiro atoms. The number of alkyl halides is 3. The Bertz CT molecular complexity index is 1130. The molecular weight excluding hydrogens is 471 g/mol. The molecule has 0 radical (unpaired) electrons. The number of amides is 1. The molecule has 2 aliphatic heterocycles. The number of carbonyl (C=O) groups is 2. The second kappa shape index (κ2) is 12.0. The van der Waals surface area contributed by atoms with Crippen molar-refractivity contribution in [2.24, 2.45) is 0 Å². The van der Waals surface area contributed by atoms with Gasteiger partial charge in [0.15, 0.2) is 0 Å².